The number of amides is 1. The number of nitrogens with zero attached hydrogens (tertiary/aromatic N) is 1. The molecule has 0 heterocycles. The van der Waals surface area contributed by atoms with Gasteiger partial charge in [0.25, 0.3) is 0 Å². The Labute approximate surface area is 110 Å². The first kappa shape index (κ1) is 15.0. The van der Waals surface area contributed by atoms with Gasteiger partial charge < -0.3 is 9.64 Å². The molecular formula is C14H25NO3. The van der Waals surface area contributed by atoms with E-state index < -0.39 is 0 Å². The predicted octanol–water partition coefficient (Wildman–Crippen LogP) is 2.37. The Balaban J connectivity index is 2.63. The van der Waals surface area contributed by atoms with Crippen molar-refractivity contribution in [1.29, 1.82) is 0 Å². The van der Waals surface area contributed by atoms with E-state index in [0.717, 1.165) is 32.1 Å². The molecule has 0 aromatic carbocycles. The first-order valence-electron chi connectivity index (χ1n) is 6.96. The number of carbonyl (C=O) groups is 2. The summed E-state index contributed by atoms with van der Waals surface area (Å²) in [4.78, 5) is 25.6. The number of esters is 1. The lowest BCUT2D eigenvalue weighted by Gasteiger charge is -2.33. The number of hydrogen-bond donors (Lipinski definition) is 0. The van der Waals surface area contributed by atoms with E-state index in [0.29, 0.717) is 13.1 Å². The van der Waals surface area contributed by atoms with Gasteiger partial charge in [-0.25, -0.2) is 0 Å². The third-order valence-electron chi connectivity index (χ3n) is 4.17. The molecule has 1 aliphatic rings. The van der Waals surface area contributed by atoms with Crippen LogP contribution in [-0.2, 0) is 14.3 Å². The van der Waals surface area contributed by atoms with E-state index in [1.165, 1.54) is 7.11 Å². The Hall–Kier alpha value is -1.06. The highest BCUT2D eigenvalue weighted by Crippen LogP contribution is 2.42. The highest BCUT2D eigenvalue weighted by molar-refractivity contribution is 5.83. The first-order valence-corrected chi connectivity index (χ1v) is 6.96. The molecule has 4 heteroatoms. The average molecular weight is 255 g/mol. The van der Waals surface area contributed by atoms with Gasteiger partial charge in [0.2, 0.25) is 5.91 Å². The lowest BCUT2D eigenvalue weighted by molar-refractivity contribution is -0.145. The highest BCUT2D eigenvalue weighted by Gasteiger charge is 2.41. The van der Waals surface area contributed by atoms with Gasteiger partial charge in [-0.15, -0.1) is 0 Å². The van der Waals surface area contributed by atoms with Gasteiger partial charge in [-0.05, 0) is 26.2 Å². The molecule has 4 nitrogen and oxygen atoms in total. The highest BCUT2D eigenvalue weighted by atomic mass is 16.5. The monoisotopic (exact) mass is 255 g/mol. The van der Waals surface area contributed by atoms with Gasteiger partial charge >= 0.3 is 5.97 Å². The average Bonchev–Trinajstić information content (AvgIpc) is 2.88. The molecule has 0 aromatic rings. The van der Waals surface area contributed by atoms with E-state index in [9.17, 15) is 9.59 Å². The zero-order valence-corrected chi connectivity index (χ0v) is 11.8. The molecule has 1 fully saturated rings. The Bertz CT molecular complexity index is 295. The molecule has 18 heavy (non-hydrogen) atoms. The molecule has 0 unspecified atom stereocenters. The quantitative estimate of drug-likeness (QED) is 0.685. The molecule has 1 rings (SSSR count). The molecule has 0 spiro atoms. The van der Waals surface area contributed by atoms with Crippen molar-refractivity contribution < 1.29 is 14.3 Å². The zero-order chi connectivity index (χ0) is 13.6. The van der Waals surface area contributed by atoms with Crippen molar-refractivity contribution in [3.8, 4) is 0 Å². The number of carbonyl (C=O) groups excluding carboxylic acids is 2. The van der Waals surface area contributed by atoms with Crippen molar-refractivity contribution in [1.82, 2.24) is 4.90 Å². The lowest BCUT2D eigenvalue weighted by Crippen LogP contribution is -2.43. The second kappa shape index (κ2) is 6.76. The summed E-state index contributed by atoms with van der Waals surface area (Å²) in [5.41, 5.74) is -0.161. The Morgan fingerprint density at radius 1 is 1.22 bits per heavy atom. The van der Waals surface area contributed by atoms with E-state index in [1.54, 1.807) is 0 Å². The van der Waals surface area contributed by atoms with Crippen LogP contribution in [0.4, 0.5) is 0 Å². The molecule has 0 N–H and O–H groups in total. The van der Waals surface area contributed by atoms with Crippen LogP contribution in [0.25, 0.3) is 0 Å². The fraction of sp³-hybridized carbons (Fsp3) is 0.857. The molecule has 0 aromatic heterocycles. The molecule has 1 saturated carbocycles. The van der Waals surface area contributed by atoms with Crippen LogP contribution in [0, 0.1) is 5.41 Å². The first-order chi connectivity index (χ1) is 8.59. The third-order valence-corrected chi connectivity index (χ3v) is 4.17. The maximum absolute atomic E-state index is 12.6. The Kier molecular flexibility index (Phi) is 5.63. The largest absolute Gasteiger partial charge is 0.469 e. The minimum atomic E-state index is -0.252. The van der Waals surface area contributed by atoms with Gasteiger partial charge in [-0.2, -0.15) is 0 Å². The number of hydrogen-bond acceptors (Lipinski definition) is 3. The van der Waals surface area contributed by atoms with Gasteiger partial charge in [0.1, 0.15) is 0 Å². The third kappa shape index (κ3) is 3.24. The van der Waals surface area contributed by atoms with Gasteiger partial charge in [-0.3, -0.25) is 9.59 Å². The minimum absolute atomic E-state index is 0.161. The van der Waals surface area contributed by atoms with Crippen LogP contribution >= 0.6 is 0 Å². The van der Waals surface area contributed by atoms with Crippen molar-refractivity contribution in [3.63, 3.8) is 0 Å². The molecule has 0 radical (unpaired) electrons. The van der Waals surface area contributed by atoms with Crippen molar-refractivity contribution >= 4 is 11.9 Å². The van der Waals surface area contributed by atoms with Crippen LogP contribution in [0.15, 0.2) is 0 Å². The number of ether oxygens (including phenoxy) is 1. The van der Waals surface area contributed by atoms with E-state index in [2.05, 4.69) is 11.7 Å². The van der Waals surface area contributed by atoms with E-state index in [1.807, 2.05) is 11.8 Å². The van der Waals surface area contributed by atoms with E-state index in [4.69, 9.17) is 0 Å². The number of methoxy groups -OCH3 is 1. The topological polar surface area (TPSA) is 46.6 Å². The molecule has 0 atom stereocenters. The zero-order valence-electron chi connectivity index (χ0n) is 11.8. The summed E-state index contributed by atoms with van der Waals surface area (Å²) in [6.45, 7) is 5.20. The molecular weight excluding hydrogens is 230 g/mol. The molecule has 0 saturated heterocycles. The van der Waals surface area contributed by atoms with E-state index >= 15 is 0 Å². The van der Waals surface area contributed by atoms with Crippen molar-refractivity contribution in [2.75, 3.05) is 20.2 Å². The van der Waals surface area contributed by atoms with Gasteiger partial charge in [0.15, 0.2) is 0 Å². The number of rotatable bonds is 6. The van der Waals surface area contributed by atoms with Crippen molar-refractivity contribution in [3.05, 3.63) is 0 Å². The summed E-state index contributed by atoms with van der Waals surface area (Å²) in [5.74, 6) is -0.0212. The van der Waals surface area contributed by atoms with Crippen LogP contribution in [-0.4, -0.2) is 37.0 Å². The SMILES string of the molecule is CCN(CCC(=O)OC)C(=O)C1(CC)CCCC1. The summed E-state index contributed by atoms with van der Waals surface area (Å²) in [6.07, 6.45) is 5.48. The van der Waals surface area contributed by atoms with Crippen molar-refractivity contribution in [2.45, 2.75) is 52.4 Å². The van der Waals surface area contributed by atoms with Crippen LogP contribution in [0.2, 0.25) is 0 Å². The molecule has 1 aliphatic carbocycles. The summed E-state index contributed by atoms with van der Waals surface area (Å²) < 4.78 is 4.62. The van der Waals surface area contributed by atoms with Gasteiger partial charge in [0.05, 0.1) is 13.5 Å². The van der Waals surface area contributed by atoms with E-state index in [-0.39, 0.29) is 23.7 Å². The summed E-state index contributed by atoms with van der Waals surface area (Å²) >= 11 is 0. The van der Waals surface area contributed by atoms with Crippen molar-refractivity contribution in [2.24, 2.45) is 5.41 Å². The Morgan fingerprint density at radius 3 is 2.28 bits per heavy atom. The fourth-order valence-electron chi connectivity index (χ4n) is 2.84. The van der Waals surface area contributed by atoms with Crippen LogP contribution in [0.5, 0.6) is 0 Å². The molecule has 1 amide bonds. The summed E-state index contributed by atoms with van der Waals surface area (Å²) in [7, 11) is 1.38. The van der Waals surface area contributed by atoms with Gasteiger partial charge in [0, 0.05) is 18.5 Å². The minimum Gasteiger partial charge on any atom is -0.469 e. The second-order valence-electron chi connectivity index (χ2n) is 5.05. The molecule has 104 valence electrons. The summed E-state index contributed by atoms with van der Waals surface area (Å²) in [5, 5.41) is 0. The standard InChI is InChI=1S/C14H25NO3/c1-4-14(9-6-7-10-14)13(17)15(5-2)11-8-12(16)18-3/h4-11H2,1-3H3. The molecule has 0 bridgehead atoms. The van der Waals surface area contributed by atoms with Crippen LogP contribution in [0.1, 0.15) is 52.4 Å². The molecule has 0 aliphatic heterocycles. The van der Waals surface area contributed by atoms with Crippen LogP contribution < -0.4 is 0 Å². The predicted molar refractivity (Wildman–Crippen MR) is 70.1 cm³/mol. The fourth-order valence-corrected chi connectivity index (χ4v) is 2.84. The summed E-state index contributed by atoms with van der Waals surface area (Å²) in [6, 6.07) is 0. The lowest BCUT2D eigenvalue weighted by atomic mass is 9.82. The van der Waals surface area contributed by atoms with Gasteiger partial charge in [-0.1, -0.05) is 19.8 Å². The van der Waals surface area contributed by atoms with Crippen LogP contribution in [0.3, 0.4) is 0 Å². The maximum Gasteiger partial charge on any atom is 0.307 e. The smallest absolute Gasteiger partial charge is 0.307 e. The second-order valence-corrected chi connectivity index (χ2v) is 5.05. The Morgan fingerprint density at radius 2 is 1.83 bits per heavy atom. The maximum atomic E-state index is 12.6. The normalized spacial score (nSPS) is 17.5.